The molecule has 22 heavy (non-hydrogen) atoms. The first kappa shape index (κ1) is 15.2. The highest BCUT2D eigenvalue weighted by molar-refractivity contribution is 6.31. The summed E-state index contributed by atoms with van der Waals surface area (Å²) in [5, 5.41) is 10.9. The van der Waals surface area contributed by atoms with Crippen LogP contribution in [0.5, 0.6) is 0 Å². The Balaban J connectivity index is 2.34. The number of urea groups is 1. The van der Waals surface area contributed by atoms with Crippen molar-refractivity contribution in [2.24, 2.45) is 0 Å². The molecule has 1 aliphatic rings. The third-order valence-corrected chi connectivity index (χ3v) is 2.97. The average Bonchev–Trinajstić information content (AvgIpc) is 2.48. The number of amides is 4. The maximum Gasteiger partial charge on any atom is 0.335 e. The molecule has 1 aromatic rings. The largest absolute Gasteiger partial charge is 0.478 e. The number of carbonyl (C=O) groups is 4. The number of rotatable bonds is 4. The fourth-order valence-corrected chi connectivity index (χ4v) is 1.88. The van der Waals surface area contributed by atoms with Crippen LogP contribution in [0.4, 0.5) is 4.79 Å². The van der Waals surface area contributed by atoms with Gasteiger partial charge in [0.1, 0.15) is 5.57 Å². The second-order valence-electron chi connectivity index (χ2n) is 4.45. The van der Waals surface area contributed by atoms with Crippen LogP contribution in [-0.4, -0.2) is 40.4 Å². The highest BCUT2D eigenvalue weighted by Gasteiger charge is 2.34. The van der Waals surface area contributed by atoms with Crippen molar-refractivity contribution in [1.29, 1.82) is 0 Å². The van der Waals surface area contributed by atoms with E-state index in [0.29, 0.717) is 5.56 Å². The zero-order chi connectivity index (χ0) is 16.3. The van der Waals surface area contributed by atoms with Gasteiger partial charge in [0, 0.05) is 6.54 Å². The molecule has 0 bridgehead atoms. The molecule has 0 unspecified atom stereocenters. The smallest absolute Gasteiger partial charge is 0.335 e. The number of imide groups is 2. The van der Waals surface area contributed by atoms with Gasteiger partial charge in [-0.2, -0.15) is 0 Å². The minimum atomic E-state index is -1.08. The standard InChI is InChI=1S/C15H12N2O5/c1-2-7-17-13(19)11(12(18)16-15(17)22)8-9-3-5-10(6-4-9)14(20)21/h2-6,8H,1,7H2,(H,20,21)(H,16,18,22). The van der Waals surface area contributed by atoms with Crippen molar-refractivity contribution in [2.45, 2.75) is 0 Å². The third kappa shape index (κ3) is 2.93. The lowest BCUT2D eigenvalue weighted by Gasteiger charge is -2.25. The Bertz CT molecular complexity index is 703. The number of barbiturate groups is 1. The molecule has 4 amide bonds. The SMILES string of the molecule is C=CCN1C(=O)NC(=O)C(=Cc2ccc(C(=O)O)cc2)C1=O. The molecule has 7 heteroatoms. The summed E-state index contributed by atoms with van der Waals surface area (Å²) in [7, 11) is 0. The molecular weight excluding hydrogens is 288 g/mol. The quantitative estimate of drug-likeness (QED) is 0.491. The monoisotopic (exact) mass is 300 g/mol. The van der Waals surface area contributed by atoms with Gasteiger partial charge in [0.05, 0.1) is 5.56 Å². The van der Waals surface area contributed by atoms with Crippen LogP contribution < -0.4 is 5.32 Å². The lowest BCUT2D eigenvalue weighted by Crippen LogP contribution is -2.54. The summed E-state index contributed by atoms with van der Waals surface area (Å²) >= 11 is 0. The van der Waals surface area contributed by atoms with Crippen LogP contribution in [0.1, 0.15) is 15.9 Å². The number of hydrogen-bond donors (Lipinski definition) is 2. The van der Waals surface area contributed by atoms with E-state index in [0.717, 1.165) is 4.90 Å². The van der Waals surface area contributed by atoms with E-state index in [2.05, 4.69) is 11.9 Å². The normalized spacial score (nSPS) is 16.6. The van der Waals surface area contributed by atoms with Gasteiger partial charge >= 0.3 is 12.0 Å². The Morgan fingerprint density at radius 2 is 1.86 bits per heavy atom. The molecule has 0 spiro atoms. The summed E-state index contributed by atoms with van der Waals surface area (Å²) < 4.78 is 0. The molecule has 2 N–H and O–H groups in total. The Kier molecular flexibility index (Phi) is 4.17. The third-order valence-electron chi connectivity index (χ3n) is 2.97. The first-order valence-corrected chi connectivity index (χ1v) is 6.27. The highest BCUT2D eigenvalue weighted by Crippen LogP contribution is 2.15. The zero-order valence-corrected chi connectivity index (χ0v) is 11.4. The molecule has 1 fully saturated rings. The summed E-state index contributed by atoms with van der Waals surface area (Å²) in [5.74, 6) is -2.60. The molecule has 0 saturated carbocycles. The van der Waals surface area contributed by atoms with Crippen molar-refractivity contribution >= 4 is 29.9 Å². The van der Waals surface area contributed by atoms with Gasteiger partial charge in [-0.1, -0.05) is 18.2 Å². The van der Waals surface area contributed by atoms with E-state index in [9.17, 15) is 19.2 Å². The van der Waals surface area contributed by atoms with E-state index in [-0.39, 0.29) is 17.7 Å². The molecule has 1 aliphatic heterocycles. The van der Waals surface area contributed by atoms with Crippen LogP contribution in [-0.2, 0) is 9.59 Å². The van der Waals surface area contributed by atoms with E-state index in [1.54, 1.807) is 0 Å². The number of carboxylic acid groups (broad SMARTS) is 1. The second-order valence-corrected chi connectivity index (χ2v) is 4.45. The average molecular weight is 300 g/mol. The summed E-state index contributed by atoms with van der Waals surface area (Å²) in [4.78, 5) is 47.1. The molecule has 7 nitrogen and oxygen atoms in total. The summed E-state index contributed by atoms with van der Waals surface area (Å²) in [6.45, 7) is 3.42. The predicted molar refractivity (Wildman–Crippen MR) is 76.8 cm³/mol. The van der Waals surface area contributed by atoms with E-state index >= 15 is 0 Å². The number of benzene rings is 1. The van der Waals surface area contributed by atoms with E-state index in [4.69, 9.17) is 5.11 Å². The molecule has 0 radical (unpaired) electrons. The van der Waals surface area contributed by atoms with Gasteiger partial charge in [-0.25, -0.2) is 9.59 Å². The fourth-order valence-electron chi connectivity index (χ4n) is 1.88. The number of carbonyl (C=O) groups excluding carboxylic acids is 3. The summed E-state index contributed by atoms with van der Waals surface area (Å²) in [6, 6.07) is 4.84. The molecule has 1 heterocycles. The van der Waals surface area contributed by atoms with Crippen molar-refractivity contribution < 1.29 is 24.3 Å². The molecule has 112 valence electrons. The van der Waals surface area contributed by atoms with E-state index < -0.39 is 23.8 Å². The van der Waals surface area contributed by atoms with Crippen LogP contribution in [0, 0.1) is 0 Å². The van der Waals surface area contributed by atoms with Gasteiger partial charge in [-0.3, -0.25) is 19.8 Å². The maximum absolute atomic E-state index is 12.1. The number of carboxylic acids is 1. The second kappa shape index (κ2) is 6.04. The Labute approximate surface area is 125 Å². The summed E-state index contributed by atoms with van der Waals surface area (Å²) in [6.07, 6.45) is 2.67. The van der Waals surface area contributed by atoms with Gasteiger partial charge in [0.2, 0.25) is 0 Å². The van der Waals surface area contributed by atoms with Crippen LogP contribution in [0.15, 0.2) is 42.5 Å². The maximum atomic E-state index is 12.1. The number of hydrogen-bond acceptors (Lipinski definition) is 4. The van der Waals surface area contributed by atoms with Gasteiger partial charge < -0.3 is 5.11 Å². The molecule has 0 atom stereocenters. The summed E-state index contributed by atoms with van der Waals surface area (Å²) in [5.41, 5.74) is 0.353. The molecule has 0 aliphatic carbocycles. The Hall–Kier alpha value is -3.22. The minimum Gasteiger partial charge on any atom is -0.478 e. The Morgan fingerprint density at radius 3 is 2.41 bits per heavy atom. The lowest BCUT2D eigenvalue weighted by molar-refractivity contribution is -0.129. The number of nitrogens with zero attached hydrogens (tertiary/aromatic N) is 1. The molecule has 1 saturated heterocycles. The number of nitrogens with one attached hydrogen (secondary N) is 1. The lowest BCUT2D eigenvalue weighted by atomic mass is 10.1. The van der Waals surface area contributed by atoms with Crippen LogP contribution in [0.2, 0.25) is 0 Å². The van der Waals surface area contributed by atoms with Gasteiger partial charge in [0.15, 0.2) is 0 Å². The van der Waals surface area contributed by atoms with Gasteiger partial charge in [0.25, 0.3) is 11.8 Å². The molecule has 1 aromatic carbocycles. The molecular formula is C15H12N2O5. The van der Waals surface area contributed by atoms with Gasteiger partial charge in [-0.05, 0) is 23.8 Å². The van der Waals surface area contributed by atoms with E-state index in [1.807, 2.05) is 0 Å². The van der Waals surface area contributed by atoms with Crippen molar-refractivity contribution in [1.82, 2.24) is 10.2 Å². The molecule has 2 rings (SSSR count). The van der Waals surface area contributed by atoms with Crippen molar-refractivity contribution in [3.05, 3.63) is 53.6 Å². The topological polar surface area (TPSA) is 104 Å². The van der Waals surface area contributed by atoms with Gasteiger partial charge in [-0.15, -0.1) is 6.58 Å². The van der Waals surface area contributed by atoms with Crippen LogP contribution in [0.3, 0.4) is 0 Å². The first-order chi connectivity index (χ1) is 10.4. The molecule has 0 aromatic heterocycles. The first-order valence-electron chi connectivity index (χ1n) is 6.27. The number of aromatic carboxylic acids is 1. The Morgan fingerprint density at radius 1 is 1.23 bits per heavy atom. The minimum absolute atomic E-state index is 0.0206. The fraction of sp³-hybridized carbons (Fsp3) is 0.0667. The van der Waals surface area contributed by atoms with E-state index in [1.165, 1.54) is 36.4 Å². The zero-order valence-electron chi connectivity index (χ0n) is 11.4. The van der Waals surface area contributed by atoms with Crippen molar-refractivity contribution in [3.8, 4) is 0 Å². The van der Waals surface area contributed by atoms with Crippen molar-refractivity contribution in [2.75, 3.05) is 6.54 Å². The van der Waals surface area contributed by atoms with Crippen LogP contribution in [0.25, 0.3) is 6.08 Å². The van der Waals surface area contributed by atoms with Crippen molar-refractivity contribution in [3.63, 3.8) is 0 Å². The van der Waals surface area contributed by atoms with Crippen LogP contribution >= 0.6 is 0 Å². The predicted octanol–water partition coefficient (Wildman–Crippen LogP) is 1.03. The highest BCUT2D eigenvalue weighted by atomic mass is 16.4.